The number of benzene rings is 2. The van der Waals surface area contributed by atoms with Gasteiger partial charge < -0.3 is 9.84 Å². The molecule has 0 unspecified atom stereocenters. The van der Waals surface area contributed by atoms with Gasteiger partial charge in [0, 0.05) is 6.61 Å². The first-order valence-electron chi connectivity index (χ1n) is 9.65. The van der Waals surface area contributed by atoms with E-state index >= 15 is 0 Å². The van der Waals surface area contributed by atoms with Crippen molar-refractivity contribution in [3.05, 3.63) is 59.9 Å². The topological polar surface area (TPSA) is 33.8 Å². The zero-order valence-corrected chi connectivity index (χ0v) is 15.5. The molecule has 0 heterocycles. The minimum Gasteiger partial charge on any atom is -0.494 e. The molecule has 3 heteroatoms. The van der Waals surface area contributed by atoms with E-state index in [4.69, 9.17) is 16.4 Å². The Morgan fingerprint density at radius 1 is 0.692 bits per heavy atom. The molecule has 1 N–H and O–H groups in total. The van der Waals surface area contributed by atoms with E-state index < -0.39 is 0 Å². The summed E-state index contributed by atoms with van der Waals surface area (Å²) in [6.45, 7) is 8.09. The Bertz CT molecular complexity index is 656. The van der Waals surface area contributed by atoms with Crippen LogP contribution in [0.3, 0.4) is 0 Å². The van der Waals surface area contributed by atoms with Gasteiger partial charge in [0.1, 0.15) is 5.75 Å². The maximum absolute atomic E-state index is 8.73. The summed E-state index contributed by atoms with van der Waals surface area (Å²) in [4.78, 5) is 3.42. The average Bonchev–Trinajstić information content (AvgIpc) is 2.70. The van der Waals surface area contributed by atoms with Crippen molar-refractivity contribution < 1.29 is 9.84 Å². The fourth-order valence-corrected chi connectivity index (χ4v) is 2.94. The van der Waals surface area contributed by atoms with E-state index in [0.717, 1.165) is 42.7 Å². The first kappa shape index (κ1) is 20.0. The van der Waals surface area contributed by atoms with E-state index in [1.54, 1.807) is 0 Å². The molecule has 0 atom stereocenters. The van der Waals surface area contributed by atoms with Crippen LogP contribution in [0.1, 0.15) is 51.4 Å². The average molecular weight is 351 g/mol. The summed E-state index contributed by atoms with van der Waals surface area (Å²) in [5.74, 6) is 0.913. The Balaban J connectivity index is 1.61. The third-order valence-corrected chi connectivity index (χ3v) is 4.51. The van der Waals surface area contributed by atoms with Crippen LogP contribution in [-0.4, -0.2) is 18.3 Å². The Morgan fingerprint density at radius 3 is 1.73 bits per heavy atom. The lowest BCUT2D eigenvalue weighted by molar-refractivity contribution is 0.282. The van der Waals surface area contributed by atoms with Gasteiger partial charge in [0.2, 0.25) is 0 Å². The normalized spacial score (nSPS) is 10.5. The molecule has 2 aromatic rings. The van der Waals surface area contributed by atoms with Gasteiger partial charge in [0.15, 0.2) is 5.69 Å². The molecule has 3 nitrogen and oxygen atoms in total. The maximum Gasteiger partial charge on any atom is 0.187 e. The van der Waals surface area contributed by atoms with E-state index in [-0.39, 0.29) is 0 Å². The fraction of sp³-hybridized carbons (Fsp3) is 0.435. The van der Waals surface area contributed by atoms with Gasteiger partial charge in [-0.1, -0.05) is 74.9 Å². The first-order chi connectivity index (χ1) is 12.8. The molecule has 0 aliphatic rings. The molecule has 138 valence electrons. The summed E-state index contributed by atoms with van der Waals surface area (Å²) >= 11 is 0. The lowest BCUT2D eigenvalue weighted by Crippen LogP contribution is -1.97. The minimum absolute atomic E-state index is 0.326. The highest BCUT2D eigenvalue weighted by atomic mass is 16.5. The third kappa shape index (κ3) is 7.29. The van der Waals surface area contributed by atoms with Crippen molar-refractivity contribution in [1.29, 1.82) is 0 Å². The molecular formula is C23H29NO2. The van der Waals surface area contributed by atoms with Gasteiger partial charge in [0.25, 0.3) is 0 Å². The minimum atomic E-state index is 0.326. The number of rotatable bonds is 12. The van der Waals surface area contributed by atoms with Crippen molar-refractivity contribution in [2.75, 3.05) is 13.2 Å². The summed E-state index contributed by atoms with van der Waals surface area (Å²) in [6, 6.07) is 15.8. The summed E-state index contributed by atoms with van der Waals surface area (Å²) in [7, 11) is 0. The monoisotopic (exact) mass is 351 g/mol. The summed E-state index contributed by atoms with van der Waals surface area (Å²) < 4.78 is 5.83. The van der Waals surface area contributed by atoms with Crippen LogP contribution in [0, 0.1) is 6.57 Å². The zero-order valence-electron chi connectivity index (χ0n) is 15.5. The molecule has 0 spiro atoms. The van der Waals surface area contributed by atoms with E-state index in [2.05, 4.69) is 17.0 Å². The van der Waals surface area contributed by atoms with E-state index in [0.29, 0.717) is 12.3 Å². The quantitative estimate of drug-likeness (QED) is 0.355. The van der Waals surface area contributed by atoms with Crippen LogP contribution in [0.5, 0.6) is 5.75 Å². The number of unbranched alkanes of at least 4 members (excludes halogenated alkanes) is 7. The predicted molar refractivity (Wildman–Crippen MR) is 108 cm³/mol. The Hall–Kier alpha value is -2.31. The lowest BCUT2D eigenvalue weighted by Gasteiger charge is -2.08. The van der Waals surface area contributed by atoms with Crippen molar-refractivity contribution >= 4 is 5.69 Å². The zero-order chi connectivity index (χ0) is 18.5. The van der Waals surface area contributed by atoms with Crippen LogP contribution in [0.15, 0.2) is 48.5 Å². The predicted octanol–water partition coefficient (Wildman–Crippen LogP) is 6.40. The maximum atomic E-state index is 8.73. The second-order valence-electron chi connectivity index (χ2n) is 6.58. The molecule has 0 aliphatic heterocycles. The number of aliphatic hydroxyl groups is 1. The van der Waals surface area contributed by atoms with Crippen LogP contribution < -0.4 is 4.74 Å². The molecule has 0 saturated carbocycles. The molecular weight excluding hydrogens is 322 g/mol. The molecule has 0 bridgehead atoms. The molecule has 2 aromatic carbocycles. The third-order valence-electron chi connectivity index (χ3n) is 4.51. The molecule has 26 heavy (non-hydrogen) atoms. The van der Waals surface area contributed by atoms with Crippen molar-refractivity contribution in [3.63, 3.8) is 0 Å². The number of aliphatic hydroxyl groups excluding tert-OH is 1. The van der Waals surface area contributed by atoms with E-state index in [1.807, 2.05) is 36.4 Å². The smallest absolute Gasteiger partial charge is 0.187 e. The molecule has 0 aromatic heterocycles. The van der Waals surface area contributed by atoms with Crippen molar-refractivity contribution in [2.45, 2.75) is 51.4 Å². The van der Waals surface area contributed by atoms with Crippen LogP contribution in [-0.2, 0) is 0 Å². The molecule has 2 rings (SSSR count). The van der Waals surface area contributed by atoms with Gasteiger partial charge in [-0.2, -0.15) is 0 Å². The Labute approximate surface area is 157 Å². The number of ether oxygens (including phenoxy) is 1. The summed E-state index contributed by atoms with van der Waals surface area (Å²) in [6.07, 6.45) is 9.47. The molecule has 0 aliphatic carbocycles. The van der Waals surface area contributed by atoms with Gasteiger partial charge in [-0.15, -0.1) is 0 Å². The standard InChI is InChI=1S/C23H29NO2/c1-24-22-14-10-20(11-15-22)21-12-16-23(17-13-21)26-19-9-7-5-3-2-4-6-8-18-25/h10-17,25H,2-9,18-19H2. The second kappa shape index (κ2) is 12.1. The second-order valence-corrected chi connectivity index (χ2v) is 6.58. The van der Waals surface area contributed by atoms with Crippen LogP contribution in [0.2, 0.25) is 0 Å². The Kier molecular flexibility index (Phi) is 9.32. The van der Waals surface area contributed by atoms with Crippen LogP contribution in [0.25, 0.3) is 16.0 Å². The van der Waals surface area contributed by atoms with E-state index in [9.17, 15) is 0 Å². The van der Waals surface area contributed by atoms with Gasteiger partial charge >= 0.3 is 0 Å². The van der Waals surface area contributed by atoms with E-state index in [1.165, 1.54) is 32.1 Å². The van der Waals surface area contributed by atoms with Crippen LogP contribution in [0.4, 0.5) is 5.69 Å². The van der Waals surface area contributed by atoms with Gasteiger partial charge in [0.05, 0.1) is 13.2 Å². The molecule has 0 amide bonds. The van der Waals surface area contributed by atoms with Gasteiger partial charge in [-0.05, 0) is 36.1 Å². The largest absolute Gasteiger partial charge is 0.494 e. The molecule has 0 saturated heterocycles. The highest BCUT2D eigenvalue weighted by Crippen LogP contribution is 2.24. The van der Waals surface area contributed by atoms with Gasteiger partial charge in [-0.3, -0.25) is 0 Å². The Morgan fingerprint density at radius 2 is 1.19 bits per heavy atom. The van der Waals surface area contributed by atoms with Crippen molar-refractivity contribution in [1.82, 2.24) is 0 Å². The molecule has 0 fully saturated rings. The number of nitrogens with zero attached hydrogens (tertiary/aromatic N) is 1. The summed E-state index contributed by atoms with van der Waals surface area (Å²) in [5.41, 5.74) is 2.91. The first-order valence-corrected chi connectivity index (χ1v) is 9.65. The van der Waals surface area contributed by atoms with Crippen molar-refractivity contribution in [2.24, 2.45) is 0 Å². The summed E-state index contributed by atoms with van der Waals surface area (Å²) in [5, 5.41) is 8.73. The van der Waals surface area contributed by atoms with Gasteiger partial charge in [-0.25, -0.2) is 4.85 Å². The van der Waals surface area contributed by atoms with Crippen LogP contribution >= 0.6 is 0 Å². The number of hydrogen-bond acceptors (Lipinski definition) is 2. The SMILES string of the molecule is [C-]#[N+]c1ccc(-c2ccc(OCCCCCCCCCCO)cc2)cc1. The number of hydrogen-bond donors (Lipinski definition) is 1. The highest BCUT2D eigenvalue weighted by molar-refractivity contribution is 5.66. The molecule has 0 radical (unpaired) electrons. The lowest BCUT2D eigenvalue weighted by atomic mass is 10.1. The van der Waals surface area contributed by atoms with Crippen molar-refractivity contribution in [3.8, 4) is 16.9 Å². The highest BCUT2D eigenvalue weighted by Gasteiger charge is 2.00. The fourth-order valence-electron chi connectivity index (χ4n) is 2.94.